The Morgan fingerprint density at radius 2 is 1.73 bits per heavy atom. The highest BCUT2D eigenvalue weighted by Gasteiger charge is 2.34. The Morgan fingerprint density at radius 1 is 0.970 bits per heavy atom. The molecule has 0 aliphatic carbocycles. The summed E-state index contributed by atoms with van der Waals surface area (Å²) in [4.78, 5) is 44.2. The molecule has 0 spiro atoms. The Morgan fingerprint density at radius 3 is 2.42 bits per heavy atom. The third kappa shape index (κ3) is 4.07. The van der Waals surface area contributed by atoms with Gasteiger partial charge >= 0.3 is 0 Å². The predicted octanol–water partition coefficient (Wildman–Crippen LogP) is 4.47. The Labute approximate surface area is 198 Å². The number of furan rings is 1. The number of carbonyl (C=O) groups excluding carboxylic acids is 2. The third-order valence-corrected chi connectivity index (χ3v) is 6.71. The number of rotatable bonds is 7. The summed E-state index contributed by atoms with van der Waals surface area (Å²) >= 11 is 7.49. The van der Waals surface area contributed by atoms with E-state index in [0.29, 0.717) is 56.7 Å². The first kappa shape index (κ1) is 21.5. The molecule has 5 rings (SSSR count). The minimum atomic E-state index is -0.270. The van der Waals surface area contributed by atoms with Crippen molar-refractivity contribution in [3.05, 3.63) is 93.1 Å². The number of imide groups is 1. The van der Waals surface area contributed by atoms with Crippen molar-refractivity contribution in [2.75, 3.05) is 12.3 Å². The van der Waals surface area contributed by atoms with E-state index in [1.165, 1.54) is 16.7 Å². The van der Waals surface area contributed by atoms with Crippen molar-refractivity contribution >= 4 is 46.1 Å². The van der Waals surface area contributed by atoms with Crippen LogP contribution in [-0.4, -0.2) is 38.6 Å². The molecule has 9 heteroatoms. The number of aromatic nitrogens is 2. The summed E-state index contributed by atoms with van der Waals surface area (Å²) < 4.78 is 7.00. The zero-order valence-electron chi connectivity index (χ0n) is 17.4. The molecule has 0 bridgehead atoms. The van der Waals surface area contributed by atoms with Gasteiger partial charge in [-0.25, -0.2) is 4.98 Å². The van der Waals surface area contributed by atoms with Crippen molar-refractivity contribution < 1.29 is 14.0 Å². The lowest BCUT2D eigenvalue weighted by Crippen LogP contribution is -2.31. The average molecular weight is 480 g/mol. The summed E-state index contributed by atoms with van der Waals surface area (Å²) in [5.74, 6) is 0.659. The molecule has 0 saturated carbocycles. The smallest absolute Gasteiger partial charge is 0.262 e. The minimum Gasteiger partial charge on any atom is -0.467 e. The van der Waals surface area contributed by atoms with Gasteiger partial charge in [0.2, 0.25) is 0 Å². The summed E-state index contributed by atoms with van der Waals surface area (Å²) in [7, 11) is 0. The maximum absolute atomic E-state index is 13.2. The van der Waals surface area contributed by atoms with Gasteiger partial charge in [-0.1, -0.05) is 35.5 Å². The fraction of sp³-hybridized carbons (Fsp3) is 0.167. The number of thioether (sulfide) groups is 1. The molecule has 2 aromatic heterocycles. The molecule has 1 aliphatic heterocycles. The monoisotopic (exact) mass is 479 g/mol. The third-order valence-electron chi connectivity index (χ3n) is 5.41. The van der Waals surface area contributed by atoms with Crippen LogP contribution in [0.2, 0.25) is 5.02 Å². The van der Waals surface area contributed by atoms with Gasteiger partial charge in [0.1, 0.15) is 5.76 Å². The SMILES string of the molecule is O=C1c2ccccc2C(=O)N1CCCSc1nc2cc(Cl)ccc2c(=O)n1Cc1ccco1. The molecule has 7 nitrogen and oxygen atoms in total. The molecule has 0 fully saturated rings. The number of benzene rings is 2. The van der Waals surface area contributed by atoms with Gasteiger partial charge in [-0.15, -0.1) is 0 Å². The molecule has 0 unspecified atom stereocenters. The van der Waals surface area contributed by atoms with E-state index in [1.54, 1.807) is 65.4 Å². The molecule has 0 atom stereocenters. The van der Waals surface area contributed by atoms with Gasteiger partial charge in [0, 0.05) is 17.3 Å². The van der Waals surface area contributed by atoms with Crippen molar-refractivity contribution in [1.82, 2.24) is 14.5 Å². The van der Waals surface area contributed by atoms with Crippen molar-refractivity contribution in [3.8, 4) is 0 Å². The van der Waals surface area contributed by atoms with E-state index in [0.717, 1.165) is 0 Å². The van der Waals surface area contributed by atoms with Crippen LogP contribution >= 0.6 is 23.4 Å². The van der Waals surface area contributed by atoms with Crippen LogP contribution in [-0.2, 0) is 6.54 Å². The highest BCUT2D eigenvalue weighted by Crippen LogP contribution is 2.25. The van der Waals surface area contributed by atoms with E-state index in [2.05, 4.69) is 4.98 Å². The number of hydrogen-bond donors (Lipinski definition) is 0. The molecule has 2 aromatic carbocycles. The average Bonchev–Trinajstić information content (AvgIpc) is 3.41. The topological polar surface area (TPSA) is 85.4 Å². The van der Waals surface area contributed by atoms with Gasteiger partial charge in [-0.3, -0.25) is 23.9 Å². The molecule has 0 saturated heterocycles. The maximum Gasteiger partial charge on any atom is 0.262 e. The lowest BCUT2D eigenvalue weighted by Gasteiger charge is -2.15. The van der Waals surface area contributed by atoms with E-state index < -0.39 is 0 Å². The van der Waals surface area contributed by atoms with E-state index in [9.17, 15) is 14.4 Å². The van der Waals surface area contributed by atoms with Crippen LogP contribution in [0.5, 0.6) is 0 Å². The maximum atomic E-state index is 13.2. The highest BCUT2D eigenvalue weighted by atomic mass is 35.5. The number of fused-ring (bicyclic) bond motifs is 2. The van der Waals surface area contributed by atoms with Crippen LogP contribution in [0.25, 0.3) is 10.9 Å². The first-order chi connectivity index (χ1) is 16.0. The van der Waals surface area contributed by atoms with Crippen LogP contribution in [0.4, 0.5) is 0 Å². The second kappa shape index (κ2) is 8.88. The van der Waals surface area contributed by atoms with E-state index in [1.807, 2.05) is 0 Å². The van der Waals surface area contributed by atoms with E-state index in [4.69, 9.17) is 16.0 Å². The van der Waals surface area contributed by atoms with Crippen LogP contribution in [0, 0.1) is 0 Å². The fourth-order valence-corrected chi connectivity index (χ4v) is 4.90. The Kier molecular flexibility index (Phi) is 5.78. The fourth-order valence-electron chi connectivity index (χ4n) is 3.81. The van der Waals surface area contributed by atoms with Gasteiger partial charge in [-0.05, 0) is 48.9 Å². The van der Waals surface area contributed by atoms with Crippen LogP contribution in [0.15, 0.2) is 75.2 Å². The largest absolute Gasteiger partial charge is 0.467 e. The van der Waals surface area contributed by atoms with E-state index in [-0.39, 0.29) is 23.9 Å². The number of hydrogen-bond acceptors (Lipinski definition) is 6. The van der Waals surface area contributed by atoms with Crippen molar-refractivity contribution in [1.29, 1.82) is 0 Å². The summed E-state index contributed by atoms with van der Waals surface area (Å²) in [6.45, 7) is 0.541. The molecule has 166 valence electrons. The Bertz CT molecular complexity index is 1400. The van der Waals surface area contributed by atoms with Gasteiger partial charge in [0.25, 0.3) is 17.4 Å². The molecule has 2 amide bonds. The first-order valence-electron chi connectivity index (χ1n) is 10.3. The predicted molar refractivity (Wildman–Crippen MR) is 126 cm³/mol. The number of amides is 2. The Hall–Kier alpha value is -3.36. The van der Waals surface area contributed by atoms with Crippen LogP contribution in [0.3, 0.4) is 0 Å². The lowest BCUT2D eigenvalue weighted by atomic mass is 10.1. The van der Waals surface area contributed by atoms with E-state index >= 15 is 0 Å². The molecule has 0 radical (unpaired) electrons. The number of halogens is 1. The summed E-state index contributed by atoms with van der Waals surface area (Å²) in [5, 5.41) is 1.50. The van der Waals surface area contributed by atoms with Crippen LogP contribution in [0.1, 0.15) is 32.9 Å². The van der Waals surface area contributed by atoms with Crippen LogP contribution < -0.4 is 5.56 Å². The van der Waals surface area contributed by atoms with Gasteiger partial charge in [-0.2, -0.15) is 0 Å². The highest BCUT2D eigenvalue weighted by molar-refractivity contribution is 7.99. The first-order valence-corrected chi connectivity index (χ1v) is 11.7. The summed E-state index contributed by atoms with van der Waals surface area (Å²) in [5.41, 5.74) is 1.22. The number of carbonyl (C=O) groups is 2. The second-order valence-corrected chi connectivity index (χ2v) is 9.03. The normalized spacial score (nSPS) is 13.2. The second-order valence-electron chi connectivity index (χ2n) is 7.54. The summed E-state index contributed by atoms with van der Waals surface area (Å²) in [6.07, 6.45) is 2.11. The summed E-state index contributed by atoms with van der Waals surface area (Å²) in [6, 6.07) is 15.4. The standard InChI is InChI=1S/C24H18ClN3O4S/c25-15-8-9-19-20(13-15)26-24(28(23(19)31)14-16-5-3-11-32-16)33-12-4-10-27-21(29)17-6-1-2-7-18(17)22(27)30/h1-3,5-9,11,13H,4,10,12,14H2. The number of nitrogens with zero attached hydrogens (tertiary/aromatic N) is 3. The van der Waals surface area contributed by atoms with Crippen molar-refractivity contribution in [2.24, 2.45) is 0 Å². The van der Waals surface area contributed by atoms with Crippen molar-refractivity contribution in [2.45, 2.75) is 18.1 Å². The van der Waals surface area contributed by atoms with Crippen molar-refractivity contribution in [3.63, 3.8) is 0 Å². The zero-order chi connectivity index (χ0) is 22.9. The van der Waals surface area contributed by atoms with Gasteiger partial charge < -0.3 is 4.42 Å². The molecular weight excluding hydrogens is 462 g/mol. The molecule has 0 N–H and O–H groups in total. The molecular formula is C24H18ClN3O4S. The van der Waals surface area contributed by atoms with Gasteiger partial charge in [0.05, 0.1) is 34.8 Å². The lowest BCUT2D eigenvalue weighted by molar-refractivity contribution is 0.0655. The quantitative estimate of drug-likeness (QED) is 0.168. The molecule has 33 heavy (non-hydrogen) atoms. The Balaban J connectivity index is 1.35. The molecule has 3 heterocycles. The van der Waals surface area contributed by atoms with Gasteiger partial charge in [0.15, 0.2) is 5.16 Å². The minimum absolute atomic E-state index is 0.184. The molecule has 4 aromatic rings. The molecule has 1 aliphatic rings. The zero-order valence-corrected chi connectivity index (χ0v) is 18.9.